The van der Waals surface area contributed by atoms with E-state index in [0.29, 0.717) is 40.5 Å². The summed E-state index contributed by atoms with van der Waals surface area (Å²) in [5.74, 6) is 0.884. The van der Waals surface area contributed by atoms with E-state index in [1.54, 1.807) is 41.9 Å². The molecule has 0 radical (unpaired) electrons. The van der Waals surface area contributed by atoms with E-state index in [0.717, 1.165) is 16.8 Å². The molecule has 0 fully saturated rings. The number of carbonyl (C=O) groups excluding carboxylic acids is 1. The lowest BCUT2D eigenvalue weighted by atomic mass is 10.1. The van der Waals surface area contributed by atoms with Gasteiger partial charge in [0.2, 0.25) is 5.95 Å². The summed E-state index contributed by atoms with van der Waals surface area (Å²) in [7, 11) is 0. The fourth-order valence-electron chi connectivity index (χ4n) is 3.96. The average molecular weight is 484 g/mol. The maximum atomic E-state index is 12.9. The van der Waals surface area contributed by atoms with Crippen LogP contribution in [0.1, 0.15) is 34.1 Å². The highest BCUT2D eigenvalue weighted by atomic mass is 16.5. The SMILES string of the molecule is CCOc1ccc(C(=O)Nc2cc(C)nn2-c2nc3c(cnn3-c3cccc(C)c3C)c(=O)[nH]2)cc1. The minimum absolute atomic E-state index is 0.162. The topological polar surface area (TPSA) is 120 Å². The van der Waals surface area contributed by atoms with Gasteiger partial charge in [-0.25, -0.2) is 4.68 Å². The van der Waals surface area contributed by atoms with Crippen LogP contribution in [0, 0.1) is 20.8 Å². The van der Waals surface area contributed by atoms with Gasteiger partial charge in [0, 0.05) is 11.6 Å². The molecule has 10 heteroatoms. The molecular formula is C26H25N7O3. The van der Waals surface area contributed by atoms with Crippen molar-refractivity contribution in [3.8, 4) is 17.4 Å². The van der Waals surface area contributed by atoms with E-state index in [1.165, 1.54) is 10.9 Å². The van der Waals surface area contributed by atoms with Crippen molar-refractivity contribution < 1.29 is 9.53 Å². The minimum Gasteiger partial charge on any atom is -0.494 e. The molecule has 0 spiro atoms. The Bertz CT molecular complexity index is 1640. The summed E-state index contributed by atoms with van der Waals surface area (Å²) in [5.41, 5.74) is 4.08. The molecule has 1 amide bonds. The zero-order valence-electron chi connectivity index (χ0n) is 20.4. The number of aromatic amines is 1. The first-order valence-corrected chi connectivity index (χ1v) is 11.5. The summed E-state index contributed by atoms with van der Waals surface area (Å²) in [6.07, 6.45) is 1.50. The van der Waals surface area contributed by atoms with E-state index < -0.39 is 0 Å². The van der Waals surface area contributed by atoms with Crippen LogP contribution in [0.2, 0.25) is 0 Å². The molecule has 0 saturated heterocycles. The van der Waals surface area contributed by atoms with Crippen LogP contribution in [0.25, 0.3) is 22.7 Å². The monoisotopic (exact) mass is 483 g/mol. The predicted molar refractivity (Wildman–Crippen MR) is 136 cm³/mol. The third-order valence-electron chi connectivity index (χ3n) is 5.93. The Hall–Kier alpha value is -4.73. The van der Waals surface area contributed by atoms with Gasteiger partial charge in [-0.1, -0.05) is 12.1 Å². The van der Waals surface area contributed by atoms with Crippen LogP contribution in [0.3, 0.4) is 0 Å². The van der Waals surface area contributed by atoms with Crippen molar-refractivity contribution in [3.63, 3.8) is 0 Å². The summed E-state index contributed by atoms with van der Waals surface area (Å²) in [6.45, 7) is 8.25. The summed E-state index contributed by atoms with van der Waals surface area (Å²) < 4.78 is 8.49. The molecule has 0 unspecified atom stereocenters. The second kappa shape index (κ2) is 9.14. The predicted octanol–water partition coefficient (Wildman–Crippen LogP) is 3.87. The molecule has 5 aromatic rings. The quantitative estimate of drug-likeness (QED) is 0.378. The highest BCUT2D eigenvalue weighted by molar-refractivity contribution is 6.04. The smallest absolute Gasteiger partial charge is 0.263 e. The lowest BCUT2D eigenvalue weighted by Gasteiger charge is -2.11. The lowest BCUT2D eigenvalue weighted by Crippen LogP contribution is -2.19. The molecule has 2 N–H and O–H groups in total. The van der Waals surface area contributed by atoms with Crippen LogP contribution in [-0.2, 0) is 0 Å². The van der Waals surface area contributed by atoms with Gasteiger partial charge in [0.1, 0.15) is 17.0 Å². The Morgan fingerprint density at radius 3 is 2.61 bits per heavy atom. The summed E-state index contributed by atoms with van der Waals surface area (Å²) in [5, 5.41) is 12.1. The van der Waals surface area contributed by atoms with Gasteiger partial charge in [0.15, 0.2) is 5.65 Å². The number of rotatable bonds is 6. The summed E-state index contributed by atoms with van der Waals surface area (Å²) in [4.78, 5) is 33.3. The maximum absolute atomic E-state index is 12.9. The molecule has 3 aromatic heterocycles. The summed E-state index contributed by atoms with van der Waals surface area (Å²) in [6, 6.07) is 14.4. The molecule has 0 aliphatic carbocycles. The molecule has 3 heterocycles. The number of carbonyl (C=O) groups is 1. The van der Waals surface area contributed by atoms with Crippen molar-refractivity contribution in [3.05, 3.63) is 87.5 Å². The van der Waals surface area contributed by atoms with E-state index in [4.69, 9.17) is 4.74 Å². The Balaban J connectivity index is 1.54. The number of ether oxygens (including phenoxy) is 1. The molecule has 36 heavy (non-hydrogen) atoms. The standard InChI is InChI=1S/C26H25N7O3/c1-5-36-19-11-9-18(10-12-19)24(34)28-22-13-16(3)31-33(22)26-29-23-20(25(35)30-26)14-27-32(23)21-8-6-7-15(2)17(21)4/h6-14H,5H2,1-4H3,(H,28,34)(H,29,30,35). The molecule has 0 saturated carbocycles. The molecular weight excluding hydrogens is 458 g/mol. The molecule has 182 valence electrons. The molecule has 0 aliphatic heterocycles. The van der Waals surface area contributed by atoms with Crippen LogP contribution in [0.15, 0.2) is 59.5 Å². The Morgan fingerprint density at radius 1 is 1.08 bits per heavy atom. The number of aryl methyl sites for hydroxylation is 2. The van der Waals surface area contributed by atoms with Gasteiger partial charge < -0.3 is 10.1 Å². The highest BCUT2D eigenvalue weighted by Gasteiger charge is 2.18. The third kappa shape index (κ3) is 4.13. The number of hydrogen-bond donors (Lipinski definition) is 2. The Kier molecular flexibility index (Phi) is 5.85. The minimum atomic E-state index is -0.358. The van der Waals surface area contributed by atoms with Gasteiger partial charge in [-0.15, -0.1) is 0 Å². The Morgan fingerprint density at radius 2 is 1.86 bits per heavy atom. The number of amides is 1. The van der Waals surface area contributed by atoms with Gasteiger partial charge in [0.05, 0.1) is 24.2 Å². The van der Waals surface area contributed by atoms with Crippen LogP contribution >= 0.6 is 0 Å². The van der Waals surface area contributed by atoms with Gasteiger partial charge >= 0.3 is 0 Å². The lowest BCUT2D eigenvalue weighted by molar-refractivity contribution is 0.102. The number of fused-ring (bicyclic) bond motifs is 1. The second-order valence-corrected chi connectivity index (χ2v) is 8.40. The van der Waals surface area contributed by atoms with E-state index in [9.17, 15) is 9.59 Å². The maximum Gasteiger partial charge on any atom is 0.263 e. The first kappa shape index (κ1) is 23.0. The number of hydrogen-bond acceptors (Lipinski definition) is 6. The highest BCUT2D eigenvalue weighted by Crippen LogP contribution is 2.22. The molecule has 10 nitrogen and oxygen atoms in total. The third-order valence-corrected chi connectivity index (χ3v) is 5.93. The fraction of sp³-hybridized carbons (Fsp3) is 0.192. The van der Waals surface area contributed by atoms with Gasteiger partial charge in [-0.2, -0.15) is 19.9 Å². The summed E-state index contributed by atoms with van der Waals surface area (Å²) >= 11 is 0. The zero-order valence-corrected chi connectivity index (χ0v) is 20.4. The van der Waals surface area contributed by atoms with Crippen molar-refractivity contribution in [1.82, 2.24) is 29.5 Å². The molecule has 2 aromatic carbocycles. The molecule has 5 rings (SSSR count). The van der Waals surface area contributed by atoms with E-state index in [1.807, 2.05) is 39.0 Å². The first-order chi connectivity index (χ1) is 17.4. The van der Waals surface area contributed by atoms with Crippen LogP contribution in [0.5, 0.6) is 5.75 Å². The number of anilines is 1. The van der Waals surface area contributed by atoms with E-state index in [-0.39, 0.29) is 17.4 Å². The van der Waals surface area contributed by atoms with Crippen molar-refractivity contribution in [2.24, 2.45) is 0 Å². The van der Waals surface area contributed by atoms with Gasteiger partial charge in [-0.3, -0.25) is 14.6 Å². The fourth-order valence-corrected chi connectivity index (χ4v) is 3.96. The zero-order chi connectivity index (χ0) is 25.4. The number of nitrogens with one attached hydrogen (secondary N) is 2. The van der Waals surface area contributed by atoms with E-state index in [2.05, 4.69) is 25.5 Å². The van der Waals surface area contributed by atoms with Crippen molar-refractivity contribution >= 4 is 22.8 Å². The average Bonchev–Trinajstić information content (AvgIpc) is 3.45. The number of aromatic nitrogens is 6. The van der Waals surface area contributed by atoms with E-state index >= 15 is 0 Å². The Labute approximate surface area is 206 Å². The number of benzene rings is 2. The number of H-pyrrole nitrogens is 1. The van der Waals surface area contributed by atoms with Crippen LogP contribution in [-0.4, -0.2) is 42.0 Å². The number of nitrogens with zero attached hydrogens (tertiary/aromatic N) is 5. The largest absolute Gasteiger partial charge is 0.494 e. The second-order valence-electron chi connectivity index (χ2n) is 8.40. The van der Waals surface area contributed by atoms with Gasteiger partial charge in [-0.05, 0) is 69.2 Å². The normalized spacial score (nSPS) is 11.1. The van der Waals surface area contributed by atoms with Crippen LogP contribution < -0.4 is 15.6 Å². The molecule has 0 atom stereocenters. The van der Waals surface area contributed by atoms with Gasteiger partial charge in [0.25, 0.3) is 11.5 Å². The molecule has 0 bridgehead atoms. The van der Waals surface area contributed by atoms with Crippen molar-refractivity contribution in [1.29, 1.82) is 0 Å². The molecule has 0 aliphatic rings. The van der Waals surface area contributed by atoms with Crippen molar-refractivity contribution in [2.45, 2.75) is 27.7 Å². The van der Waals surface area contributed by atoms with Crippen LogP contribution in [0.4, 0.5) is 5.82 Å². The van der Waals surface area contributed by atoms with Crippen molar-refractivity contribution in [2.75, 3.05) is 11.9 Å². The first-order valence-electron chi connectivity index (χ1n) is 11.5.